The summed E-state index contributed by atoms with van der Waals surface area (Å²) in [6.07, 6.45) is 2.79. The number of carboxylic acid groups (broad SMARTS) is 1. The molecule has 0 aromatic heterocycles. The first-order chi connectivity index (χ1) is 7.17. The maximum absolute atomic E-state index is 10.6. The molecule has 0 amide bonds. The van der Waals surface area contributed by atoms with Crippen molar-refractivity contribution in [2.45, 2.75) is 25.7 Å². The van der Waals surface area contributed by atoms with E-state index in [1.165, 1.54) is 5.56 Å². The molecule has 0 aliphatic carbocycles. The maximum Gasteiger partial charge on any atom is 0.304 e. The van der Waals surface area contributed by atoms with Crippen molar-refractivity contribution in [3.8, 4) is 0 Å². The fourth-order valence-corrected chi connectivity index (χ4v) is 1.53. The minimum absolute atomic E-state index is 0.0894. The Hall–Kier alpha value is -1.57. The number of aryl methyl sites for hydroxylation is 1. The van der Waals surface area contributed by atoms with E-state index >= 15 is 0 Å². The van der Waals surface area contributed by atoms with Crippen LogP contribution in [-0.2, 0) is 11.2 Å². The molecule has 1 rings (SSSR count). The molecule has 1 aromatic carbocycles. The summed E-state index contributed by atoms with van der Waals surface area (Å²) in [7, 11) is 0. The lowest BCUT2D eigenvalue weighted by molar-refractivity contribution is -0.137. The third-order valence-electron chi connectivity index (χ3n) is 2.50. The minimum Gasteiger partial charge on any atom is -0.481 e. The molecule has 0 heterocycles. The number of carboxylic acids is 1. The highest BCUT2D eigenvalue weighted by Crippen LogP contribution is 2.21. The smallest absolute Gasteiger partial charge is 0.304 e. The van der Waals surface area contributed by atoms with Gasteiger partial charge in [0.15, 0.2) is 0 Å². The van der Waals surface area contributed by atoms with Gasteiger partial charge in [-0.2, -0.15) is 0 Å². The van der Waals surface area contributed by atoms with Crippen LogP contribution in [0.1, 0.15) is 30.4 Å². The van der Waals surface area contributed by atoms with Crippen molar-refractivity contribution in [3.63, 3.8) is 0 Å². The molecular weight excluding hydrogens is 188 g/mol. The fourth-order valence-electron chi connectivity index (χ4n) is 1.53. The van der Waals surface area contributed by atoms with Gasteiger partial charge in [0.1, 0.15) is 0 Å². The van der Waals surface area contributed by atoms with Crippen molar-refractivity contribution >= 4 is 5.97 Å². The summed E-state index contributed by atoms with van der Waals surface area (Å²) in [5.41, 5.74) is 2.28. The summed E-state index contributed by atoms with van der Waals surface area (Å²) in [4.78, 5) is 10.6. The van der Waals surface area contributed by atoms with Gasteiger partial charge in [0.2, 0.25) is 0 Å². The van der Waals surface area contributed by atoms with Gasteiger partial charge < -0.3 is 5.11 Å². The quantitative estimate of drug-likeness (QED) is 0.748. The fraction of sp³-hybridized carbons (Fsp3) is 0.308. The molecule has 1 atom stereocenters. The second-order valence-electron chi connectivity index (χ2n) is 3.54. The Morgan fingerprint density at radius 1 is 1.47 bits per heavy atom. The van der Waals surface area contributed by atoms with Crippen LogP contribution in [0, 0.1) is 0 Å². The molecule has 0 spiro atoms. The number of aliphatic carboxylic acids is 1. The summed E-state index contributed by atoms with van der Waals surface area (Å²) in [5, 5.41) is 8.73. The van der Waals surface area contributed by atoms with Gasteiger partial charge >= 0.3 is 5.97 Å². The predicted octanol–water partition coefficient (Wildman–Crippen LogP) is 2.99. The third kappa shape index (κ3) is 3.24. The van der Waals surface area contributed by atoms with E-state index in [0.29, 0.717) is 0 Å². The second-order valence-corrected chi connectivity index (χ2v) is 3.54. The second kappa shape index (κ2) is 5.35. The molecule has 1 unspecified atom stereocenters. The van der Waals surface area contributed by atoms with E-state index in [1.807, 2.05) is 24.3 Å². The first kappa shape index (κ1) is 11.5. The van der Waals surface area contributed by atoms with E-state index < -0.39 is 5.97 Å². The van der Waals surface area contributed by atoms with Gasteiger partial charge in [-0.15, -0.1) is 6.58 Å². The highest BCUT2D eigenvalue weighted by Gasteiger charge is 2.11. The number of hydrogen-bond donors (Lipinski definition) is 1. The molecule has 1 N–H and O–H groups in total. The number of rotatable bonds is 5. The molecule has 0 fully saturated rings. The van der Waals surface area contributed by atoms with Crippen LogP contribution >= 0.6 is 0 Å². The van der Waals surface area contributed by atoms with Gasteiger partial charge in [0.05, 0.1) is 6.42 Å². The van der Waals surface area contributed by atoms with Crippen LogP contribution < -0.4 is 0 Å². The van der Waals surface area contributed by atoms with Crippen molar-refractivity contribution in [1.29, 1.82) is 0 Å². The van der Waals surface area contributed by atoms with Gasteiger partial charge in [-0.1, -0.05) is 37.3 Å². The highest BCUT2D eigenvalue weighted by atomic mass is 16.4. The van der Waals surface area contributed by atoms with Crippen molar-refractivity contribution in [2.24, 2.45) is 0 Å². The zero-order valence-electron chi connectivity index (χ0n) is 8.94. The lowest BCUT2D eigenvalue weighted by atomic mass is 9.95. The van der Waals surface area contributed by atoms with E-state index in [1.54, 1.807) is 6.08 Å². The molecule has 2 nitrogen and oxygen atoms in total. The molecule has 0 radical (unpaired) electrons. The Morgan fingerprint density at radius 2 is 2.07 bits per heavy atom. The molecule has 15 heavy (non-hydrogen) atoms. The average Bonchev–Trinajstić information content (AvgIpc) is 2.26. The maximum atomic E-state index is 10.6. The molecule has 0 aliphatic heterocycles. The number of carbonyl (C=O) groups is 1. The standard InChI is InChI=1S/C13H16O2/c1-3-10-5-7-12(8-6-10)11(4-2)9-13(14)15/h4-8,11H,2-3,9H2,1H3,(H,14,15). The summed E-state index contributed by atoms with van der Waals surface area (Å²) in [6, 6.07) is 8.03. The normalized spacial score (nSPS) is 12.1. The molecule has 2 heteroatoms. The van der Waals surface area contributed by atoms with Gasteiger partial charge in [-0.05, 0) is 17.5 Å². The number of allylic oxidation sites excluding steroid dienone is 1. The van der Waals surface area contributed by atoms with E-state index in [4.69, 9.17) is 5.11 Å². The van der Waals surface area contributed by atoms with Crippen molar-refractivity contribution < 1.29 is 9.90 Å². The zero-order chi connectivity index (χ0) is 11.3. The van der Waals surface area contributed by atoms with Crippen LogP contribution in [0.3, 0.4) is 0 Å². The largest absolute Gasteiger partial charge is 0.481 e. The molecule has 0 saturated carbocycles. The van der Waals surface area contributed by atoms with Crippen molar-refractivity contribution in [1.82, 2.24) is 0 Å². The topological polar surface area (TPSA) is 37.3 Å². The Kier molecular flexibility index (Phi) is 4.10. The van der Waals surface area contributed by atoms with E-state index in [-0.39, 0.29) is 12.3 Å². The molecule has 0 aliphatic rings. The minimum atomic E-state index is -0.792. The van der Waals surface area contributed by atoms with E-state index in [2.05, 4.69) is 13.5 Å². The Labute approximate surface area is 90.3 Å². The van der Waals surface area contributed by atoms with Crippen LogP contribution in [-0.4, -0.2) is 11.1 Å². The first-order valence-electron chi connectivity index (χ1n) is 5.10. The van der Waals surface area contributed by atoms with Crippen LogP contribution in [0.15, 0.2) is 36.9 Å². The Bertz CT molecular complexity index is 338. The Balaban J connectivity index is 2.82. The average molecular weight is 204 g/mol. The molecule has 0 bridgehead atoms. The lowest BCUT2D eigenvalue weighted by Gasteiger charge is -2.10. The van der Waals surface area contributed by atoms with Gasteiger partial charge in [0, 0.05) is 5.92 Å². The van der Waals surface area contributed by atoms with Crippen molar-refractivity contribution in [3.05, 3.63) is 48.0 Å². The SMILES string of the molecule is C=CC(CC(=O)O)c1ccc(CC)cc1. The summed E-state index contributed by atoms with van der Waals surface area (Å²) in [6.45, 7) is 5.76. The number of benzene rings is 1. The highest BCUT2D eigenvalue weighted by molar-refractivity contribution is 5.68. The van der Waals surface area contributed by atoms with E-state index in [0.717, 1.165) is 12.0 Å². The van der Waals surface area contributed by atoms with Crippen molar-refractivity contribution in [2.75, 3.05) is 0 Å². The monoisotopic (exact) mass is 204 g/mol. The Morgan fingerprint density at radius 3 is 2.47 bits per heavy atom. The lowest BCUT2D eigenvalue weighted by Crippen LogP contribution is -2.03. The zero-order valence-corrected chi connectivity index (χ0v) is 8.94. The third-order valence-corrected chi connectivity index (χ3v) is 2.50. The van der Waals surface area contributed by atoms with Crippen LogP contribution in [0.5, 0.6) is 0 Å². The molecule has 1 aromatic rings. The van der Waals surface area contributed by atoms with Gasteiger partial charge in [-0.25, -0.2) is 0 Å². The van der Waals surface area contributed by atoms with Crippen LogP contribution in [0.2, 0.25) is 0 Å². The number of hydrogen-bond acceptors (Lipinski definition) is 1. The summed E-state index contributed by atoms with van der Waals surface area (Å²) >= 11 is 0. The van der Waals surface area contributed by atoms with Gasteiger partial charge in [0.25, 0.3) is 0 Å². The molecule has 0 saturated heterocycles. The predicted molar refractivity (Wildman–Crippen MR) is 61.0 cm³/mol. The van der Waals surface area contributed by atoms with Crippen LogP contribution in [0.4, 0.5) is 0 Å². The first-order valence-corrected chi connectivity index (χ1v) is 5.10. The molecule has 80 valence electrons. The van der Waals surface area contributed by atoms with Crippen LogP contribution in [0.25, 0.3) is 0 Å². The van der Waals surface area contributed by atoms with E-state index in [9.17, 15) is 4.79 Å². The summed E-state index contributed by atoms with van der Waals surface area (Å²) in [5.74, 6) is -0.882. The summed E-state index contributed by atoms with van der Waals surface area (Å²) < 4.78 is 0. The van der Waals surface area contributed by atoms with Gasteiger partial charge in [-0.3, -0.25) is 4.79 Å². The molecular formula is C13H16O2.